The first kappa shape index (κ1) is 15.5. The maximum absolute atomic E-state index is 13.1. The summed E-state index contributed by atoms with van der Waals surface area (Å²) in [7, 11) is 1.65. The number of nitrogens with zero attached hydrogens (tertiary/aromatic N) is 5. The zero-order valence-corrected chi connectivity index (χ0v) is 14.3. The van der Waals surface area contributed by atoms with Gasteiger partial charge in [0.1, 0.15) is 6.04 Å². The Hall–Kier alpha value is -3.03. The first-order valence-electron chi connectivity index (χ1n) is 8.16. The van der Waals surface area contributed by atoms with E-state index in [0.29, 0.717) is 11.8 Å². The molecular weight excluding hydrogens is 320 g/mol. The Morgan fingerprint density at radius 1 is 1.24 bits per heavy atom. The third-order valence-corrected chi connectivity index (χ3v) is 4.89. The zero-order valence-electron chi connectivity index (χ0n) is 14.3. The van der Waals surface area contributed by atoms with Gasteiger partial charge in [0.25, 0.3) is 5.91 Å². The Bertz CT molecular complexity index is 857. The molecule has 0 bridgehead atoms. The van der Waals surface area contributed by atoms with Gasteiger partial charge in [-0.15, -0.1) is 5.10 Å². The van der Waals surface area contributed by atoms with Crippen LogP contribution in [0.1, 0.15) is 19.4 Å². The predicted molar refractivity (Wildman–Crippen MR) is 92.3 cm³/mol. The molecule has 3 heterocycles. The largest absolute Gasteiger partial charge is 0.414 e. The standard InChI is InChI=1S/C17H18N6O2/c1-10-11(2)23-13-14(18-16(23)20-19-10)21(3)17(25)22(15(13)24)9-12-7-5-4-6-8-12/h4-8,11,13H,9H2,1-3H3/p+1. The van der Waals surface area contributed by atoms with E-state index >= 15 is 0 Å². The molecule has 0 spiro atoms. The van der Waals surface area contributed by atoms with Crippen molar-refractivity contribution in [3.05, 3.63) is 35.9 Å². The number of fused-ring (bicyclic) bond motifs is 2. The molecule has 0 aromatic heterocycles. The van der Waals surface area contributed by atoms with Crippen molar-refractivity contribution in [2.45, 2.75) is 32.5 Å². The number of carbonyl (C=O) groups excluding carboxylic acids is 2. The average Bonchev–Trinajstić information content (AvgIpc) is 3.01. The van der Waals surface area contributed by atoms with E-state index in [-0.39, 0.29) is 24.5 Å². The molecule has 0 saturated carbocycles. The number of urea groups is 1. The van der Waals surface area contributed by atoms with Crippen LogP contribution < -0.4 is 5.43 Å². The molecule has 0 radical (unpaired) electrons. The first-order chi connectivity index (χ1) is 12.0. The van der Waals surface area contributed by atoms with Gasteiger partial charge in [-0.1, -0.05) is 35.3 Å². The van der Waals surface area contributed by atoms with Crippen LogP contribution in [0.2, 0.25) is 0 Å². The smallest absolute Gasteiger partial charge is 0.270 e. The second-order valence-corrected chi connectivity index (χ2v) is 6.40. The normalized spacial score (nSPS) is 25.4. The summed E-state index contributed by atoms with van der Waals surface area (Å²) in [5, 5.41) is 4.22. The van der Waals surface area contributed by atoms with Gasteiger partial charge in [0.15, 0.2) is 0 Å². The molecule has 1 aromatic carbocycles. The highest BCUT2D eigenvalue weighted by Gasteiger charge is 2.54. The fourth-order valence-electron chi connectivity index (χ4n) is 3.32. The maximum Gasteiger partial charge on any atom is 0.414 e. The lowest BCUT2D eigenvalue weighted by Crippen LogP contribution is -2.64. The zero-order chi connectivity index (χ0) is 17.7. The molecule has 4 rings (SSSR count). The van der Waals surface area contributed by atoms with Crippen LogP contribution in [0.25, 0.3) is 0 Å². The summed E-state index contributed by atoms with van der Waals surface area (Å²) in [5.74, 6) is 0.690. The van der Waals surface area contributed by atoms with E-state index in [4.69, 9.17) is 0 Å². The summed E-state index contributed by atoms with van der Waals surface area (Å²) < 4.78 is 1.89. The Morgan fingerprint density at radius 3 is 2.68 bits per heavy atom. The molecule has 2 atom stereocenters. The van der Waals surface area contributed by atoms with Crippen molar-refractivity contribution in [1.82, 2.24) is 15.2 Å². The van der Waals surface area contributed by atoms with Crippen LogP contribution in [-0.2, 0) is 11.3 Å². The molecular formula is C17H19N6O2+. The predicted octanol–water partition coefficient (Wildman–Crippen LogP) is 0.597. The van der Waals surface area contributed by atoms with E-state index < -0.39 is 6.04 Å². The lowest BCUT2D eigenvalue weighted by molar-refractivity contribution is -0.555. The van der Waals surface area contributed by atoms with E-state index in [1.54, 1.807) is 7.05 Å². The maximum atomic E-state index is 13.1. The topological polar surface area (TPSA) is 80.4 Å². The van der Waals surface area contributed by atoms with E-state index in [9.17, 15) is 9.59 Å². The van der Waals surface area contributed by atoms with Crippen molar-refractivity contribution in [1.29, 1.82) is 0 Å². The quantitative estimate of drug-likeness (QED) is 0.801. The molecule has 2 unspecified atom stereocenters. The van der Waals surface area contributed by atoms with Gasteiger partial charge in [-0.05, 0) is 19.4 Å². The molecule has 1 N–H and O–H groups in total. The highest BCUT2D eigenvalue weighted by atomic mass is 16.2. The third kappa shape index (κ3) is 2.25. The van der Waals surface area contributed by atoms with E-state index in [2.05, 4.69) is 15.5 Å². The number of hydrazone groups is 1. The van der Waals surface area contributed by atoms with Crippen LogP contribution in [0.3, 0.4) is 0 Å². The molecule has 3 aliphatic heterocycles. The first-order valence-corrected chi connectivity index (χ1v) is 8.16. The molecule has 25 heavy (non-hydrogen) atoms. The van der Waals surface area contributed by atoms with E-state index in [0.717, 1.165) is 11.3 Å². The molecule has 8 nitrogen and oxygen atoms in total. The number of benzene rings is 1. The fraction of sp³-hybridized carbons (Fsp3) is 0.353. The van der Waals surface area contributed by atoms with Crippen LogP contribution in [-0.4, -0.2) is 63.0 Å². The Morgan fingerprint density at radius 2 is 1.96 bits per heavy atom. The average molecular weight is 339 g/mol. The third-order valence-electron chi connectivity index (χ3n) is 4.89. The van der Waals surface area contributed by atoms with E-state index in [1.807, 2.05) is 48.8 Å². The van der Waals surface area contributed by atoms with Crippen molar-refractivity contribution in [3.8, 4) is 0 Å². The fourth-order valence-corrected chi connectivity index (χ4v) is 3.32. The number of amides is 3. The second-order valence-electron chi connectivity index (χ2n) is 6.40. The SMILES string of the molecule is CC1=NNC2=[N+](C1C)C1C(=O)N(Cc3ccccc3)C(=O)N(C)C1=N2. The summed E-state index contributed by atoms with van der Waals surface area (Å²) in [4.78, 5) is 33.0. The number of aliphatic imine (C=N–C) groups is 1. The summed E-state index contributed by atoms with van der Waals surface area (Å²) in [6.07, 6.45) is 0. The number of rotatable bonds is 2. The van der Waals surface area contributed by atoms with Crippen molar-refractivity contribution >= 4 is 29.4 Å². The molecule has 3 aliphatic rings. The van der Waals surface area contributed by atoms with Crippen molar-refractivity contribution in [3.63, 3.8) is 0 Å². The Balaban J connectivity index is 1.70. The van der Waals surface area contributed by atoms with Gasteiger partial charge in [0.05, 0.1) is 12.3 Å². The van der Waals surface area contributed by atoms with Crippen LogP contribution in [0.4, 0.5) is 4.79 Å². The molecule has 1 saturated heterocycles. The Labute approximate surface area is 145 Å². The number of likely N-dealkylation sites (N-methyl/N-ethyl adjacent to an activating group) is 1. The van der Waals surface area contributed by atoms with Crippen molar-refractivity contribution < 1.29 is 14.2 Å². The number of imide groups is 1. The van der Waals surface area contributed by atoms with Crippen molar-refractivity contribution in [2.24, 2.45) is 10.1 Å². The lowest BCUT2D eigenvalue weighted by Gasteiger charge is -2.35. The number of guanidine groups is 1. The van der Waals surface area contributed by atoms with Gasteiger partial charge in [0, 0.05) is 7.05 Å². The molecule has 8 heteroatoms. The number of carbonyl (C=O) groups is 2. The van der Waals surface area contributed by atoms with Crippen LogP contribution >= 0.6 is 0 Å². The molecule has 1 aromatic rings. The summed E-state index contributed by atoms with van der Waals surface area (Å²) in [6.45, 7) is 4.12. The summed E-state index contributed by atoms with van der Waals surface area (Å²) in [6, 6.07) is 8.43. The van der Waals surface area contributed by atoms with Gasteiger partial charge in [-0.3, -0.25) is 14.6 Å². The number of hydrogen-bond acceptors (Lipinski definition) is 5. The highest BCUT2D eigenvalue weighted by molar-refractivity contribution is 6.23. The van der Waals surface area contributed by atoms with Gasteiger partial charge in [0.2, 0.25) is 11.9 Å². The minimum absolute atomic E-state index is 0.0772. The minimum Gasteiger partial charge on any atom is -0.270 e. The summed E-state index contributed by atoms with van der Waals surface area (Å²) in [5.41, 5.74) is 4.64. The molecule has 128 valence electrons. The minimum atomic E-state index is -0.616. The molecule has 1 fully saturated rings. The number of amidine groups is 1. The molecule has 0 aliphatic carbocycles. The number of hydrogen-bond donors (Lipinski definition) is 1. The number of nitrogens with one attached hydrogen (secondary N) is 1. The second kappa shape index (κ2) is 5.51. The monoisotopic (exact) mass is 339 g/mol. The van der Waals surface area contributed by atoms with Gasteiger partial charge in [-0.2, -0.15) is 5.43 Å². The molecule has 3 amide bonds. The summed E-state index contributed by atoms with van der Waals surface area (Å²) >= 11 is 0. The van der Waals surface area contributed by atoms with Gasteiger partial charge < -0.3 is 0 Å². The van der Waals surface area contributed by atoms with Crippen LogP contribution in [0, 0.1) is 0 Å². The van der Waals surface area contributed by atoms with Crippen LogP contribution in [0.5, 0.6) is 0 Å². The van der Waals surface area contributed by atoms with E-state index in [1.165, 1.54) is 9.80 Å². The van der Waals surface area contributed by atoms with Crippen molar-refractivity contribution in [2.75, 3.05) is 7.05 Å². The highest BCUT2D eigenvalue weighted by Crippen LogP contribution is 2.24. The van der Waals surface area contributed by atoms with Gasteiger partial charge >= 0.3 is 12.0 Å². The Kier molecular flexibility index (Phi) is 3.41. The lowest BCUT2D eigenvalue weighted by atomic mass is 10.1. The van der Waals surface area contributed by atoms with Gasteiger partial charge in [-0.25, -0.2) is 9.37 Å². The van der Waals surface area contributed by atoms with Crippen LogP contribution in [0.15, 0.2) is 40.4 Å².